The molecule has 0 aromatic carbocycles. The number of hydrogen-bond donors (Lipinski definition) is 4. The summed E-state index contributed by atoms with van der Waals surface area (Å²) >= 11 is 0. The van der Waals surface area contributed by atoms with Crippen molar-refractivity contribution in [3.8, 4) is 0 Å². The zero-order valence-electron chi connectivity index (χ0n) is 11.8. The molecule has 8 nitrogen and oxygen atoms in total. The Kier molecular flexibility index (Phi) is 4.36. The second-order valence-corrected chi connectivity index (χ2v) is 4.78. The standard InChI is InChI=1S/C13H17N5O3/c1-7-9(12(20)18-13(21)17-7)3-4-10(19)16-8(2)11-14-5-6-15-11/h5-6,8H,3-4H2,1-2H3,(H,14,15)(H,16,19)(H2,17,18,20,21). The van der Waals surface area contributed by atoms with Crippen LogP contribution in [-0.4, -0.2) is 25.8 Å². The highest BCUT2D eigenvalue weighted by atomic mass is 16.2. The van der Waals surface area contributed by atoms with Crippen LogP contribution in [-0.2, 0) is 11.2 Å². The van der Waals surface area contributed by atoms with E-state index in [1.807, 2.05) is 6.92 Å². The van der Waals surface area contributed by atoms with E-state index >= 15 is 0 Å². The fraction of sp³-hybridized carbons (Fsp3) is 0.385. The molecule has 0 aliphatic heterocycles. The maximum Gasteiger partial charge on any atom is 0.325 e. The van der Waals surface area contributed by atoms with E-state index in [1.165, 1.54) is 0 Å². The summed E-state index contributed by atoms with van der Waals surface area (Å²) in [6, 6.07) is -0.234. The molecule has 0 saturated carbocycles. The van der Waals surface area contributed by atoms with Gasteiger partial charge in [0.2, 0.25) is 5.91 Å². The van der Waals surface area contributed by atoms with Crippen LogP contribution in [0.25, 0.3) is 0 Å². The summed E-state index contributed by atoms with van der Waals surface area (Å²) in [7, 11) is 0. The molecule has 0 spiro atoms. The number of carbonyl (C=O) groups excluding carboxylic acids is 1. The molecule has 0 fully saturated rings. The van der Waals surface area contributed by atoms with E-state index in [9.17, 15) is 14.4 Å². The Morgan fingerprint density at radius 1 is 1.38 bits per heavy atom. The van der Waals surface area contributed by atoms with Crippen molar-refractivity contribution in [1.29, 1.82) is 0 Å². The first-order valence-corrected chi connectivity index (χ1v) is 6.58. The van der Waals surface area contributed by atoms with Crippen LogP contribution in [0, 0.1) is 6.92 Å². The number of aromatic nitrogens is 4. The lowest BCUT2D eigenvalue weighted by atomic mass is 10.1. The van der Waals surface area contributed by atoms with E-state index in [-0.39, 0.29) is 24.8 Å². The van der Waals surface area contributed by atoms with Crippen molar-refractivity contribution < 1.29 is 4.79 Å². The molecule has 0 saturated heterocycles. The summed E-state index contributed by atoms with van der Waals surface area (Å²) in [5, 5.41) is 2.79. The molecule has 21 heavy (non-hydrogen) atoms. The minimum absolute atomic E-state index is 0.154. The molecule has 0 aliphatic rings. The van der Waals surface area contributed by atoms with Crippen LogP contribution in [0.15, 0.2) is 22.0 Å². The smallest absolute Gasteiger partial charge is 0.325 e. The second-order valence-electron chi connectivity index (χ2n) is 4.78. The molecular weight excluding hydrogens is 274 g/mol. The molecular formula is C13H17N5O3. The molecule has 2 rings (SSSR count). The summed E-state index contributed by atoms with van der Waals surface area (Å²) in [4.78, 5) is 46.3. The minimum atomic E-state index is -0.544. The number of imidazole rings is 1. The molecule has 0 radical (unpaired) electrons. The third kappa shape index (κ3) is 3.68. The van der Waals surface area contributed by atoms with Crippen LogP contribution >= 0.6 is 0 Å². The van der Waals surface area contributed by atoms with Gasteiger partial charge in [0.05, 0.1) is 6.04 Å². The quantitative estimate of drug-likeness (QED) is 0.614. The van der Waals surface area contributed by atoms with Gasteiger partial charge in [0, 0.05) is 30.1 Å². The molecule has 2 aromatic heterocycles. The van der Waals surface area contributed by atoms with Crippen LogP contribution < -0.4 is 16.6 Å². The van der Waals surface area contributed by atoms with Crippen LogP contribution in [0.4, 0.5) is 0 Å². The summed E-state index contributed by atoms with van der Waals surface area (Å²) in [6.07, 6.45) is 3.71. The lowest BCUT2D eigenvalue weighted by Gasteiger charge is -2.11. The maximum absolute atomic E-state index is 11.9. The predicted molar refractivity (Wildman–Crippen MR) is 75.9 cm³/mol. The molecule has 2 aromatic rings. The van der Waals surface area contributed by atoms with Crippen molar-refractivity contribution in [2.24, 2.45) is 0 Å². The van der Waals surface area contributed by atoms with Gasteiger partial charge in [-0.05, 0) is 20.3 Å². The molecule has 112 valence electrons. The molecule has 1 amide bonds. The zero-order valence-corrected chi connectivity index (χ0v) is 11.8. The van der Waals surface area contributed by atoms with Crippen molar-refractivity contribution in [3.05, 3.63) is 50.3 Å². The first kappa shape index (κ1) is 14.8. The molecule has 1 unspecified atom stereocenters. The van der Waals surface area contributed by atoms with Gasteiger partial charge >= 0.3 is 5.69 Å². The van der Waals surface area contributed by atoms with E-state index in [0.29, 0.717) is 17.1 Å². The van der Waals surface area contributed by atoms with E-state index in [4.69, 9.17) is 0 Å². The predicted octanol–water partition coefficient (Wildman–Crippen LogP) is -0.0953. The van der Waals surface area contributed by atoms with Gasteiger partial charge in [-0.25, -0.2) is 9.78 Å². The largest absolute Gasteiger partial charge is 0.347 e. The normalized spacial score (nSPS) is 12.1. The second kappa shape index (κ2) is 6.21. The Bertz CT molecular complexity index is 729. The van der Waals surface area contributed by atoms with Crippen LogP contribution in [0.1, 0.15) is 36.5 Å². The number of H-pyrrole nitrogens is 3. The number of aryl methyl sites for hydroxylation is 1. The highest BCUT2D eigenvalue weighted by molar-refractivity contribution is 5.76. The fourth-order valence-corrected chi connectivity index (χ4v) is 2.06. The molecule has 4 N–H and O–H groups in total. The third-order valence-corrected chi connectivity index (χ3v) is 3.16. The van der Waals surface area contributed by atoms with Gasteiger partial charge in [-0.1, -0.05) is 0 Å². The Morgan fingerprint density at radius 2 is 2.14 bits per heavy atom. The number of carbonyl (C=O) groups is 1. The van der Waals surface area contributed by atoms with Gasteiger partial charge in [0.1, 0.15) is 5.82 Å². The van der Waals surface area contributed by atoms with Gasteiger partial charge in [-0.15, -0.1) is 0 Å². The van der Waals surface area contributed by atoms with E-state index in [0.717, 1.165) is 0 Å². The Balaban J connectivity index is 1.96. The zero-order chi connectivity index (χ0) is 15.4. The summed E-state index contributed by atoms with van der Waals surface area (Å²) in [5.74, 6) is 0.477. The lowest BCUT2D eigenvalue weighted by molar-refractivity contribution is -0.121. The van der Waals surface area contributed by atoms with E-state index < -0.39 is 11.2 Å². The van der Waals surface area contributed by atoms with Gasteiger partial charge in [-0.2, -0.15) is 0 Å². The third-order valence-electron chi connectivity index (χ3n) is 3.16. The lowest BCUT2D eigenvalue weighted by Crippen LogP contribution is -2.30. The Hall–Kier alpha value is -2.64. The molecule has 2 heterocycles. The van der Waals surface area contributed by atoms with Crippen LogP contribution in [0.2, 0.25) is 0 Å². The highest BCUT2D eigenvalue weighted by Crippen LogP contribution is 2.06. The molecule has 8 heteroatoms. The van der Waals surface area contributed by atoms with Crippen LogP contribution in [0.3, 0.4) is 0 Å². The van der Waals surface area contributed by atoms with Crippen LogP contribution in [0.5, 0.6) is 0 Å². The van der Waals surface area contributed by atoms with Crippen molar-refractivity contribution >= 4 is 5.91 Å². The van der Waals surface area contributed by atoms with Crippen molar-refractivity contribution in [1.82, 2.24) is 25.3 Å². The van der Waals surface area contributed by atoms with Gasteiger partial charge < -0.3 is 15.3 Å². The minimum Gasteiger partial charge on any atom is -0.347 e. The van der Waals surface area contributed by atoms with Gasteiger partial charge in [0.15, 0.2) is 0 Å². The molecule has 0 bridgehead atoms. The average molecular weight is 291 g/mol. The van der Waals surface area contributed by atoms with E-state index in [2.05, 4.69) is 25.3 Å². The highest BCUT2D eigenvalue weighted by Gasteiger charge is 2.13. The van der Waals surface area contributed by atoms with Crippen molar-refractivity contribution in [2.75, 3.05) is 0 Å². The van der Waals surface area contributed by atoms with Crippen molar-refractivity contribution in [3.63, 3.8) is 0 Å². The Labute approximate surface area is 120 Å². The average Bonchev–Trinajstić information content (AvgIpc) is 2.91. The summed E-state index contributed by atoms with van der Waals surface area (Å²) in [6.45, 7) is 3.45. The number of nitrogens with zero attached hydrogens (tertiary/aromatic N) is 1. The summed E-state index contributed by atoms with van der Waals surface area (Å²) < 4.78 is 0. The number of amides is 1. The van der Waals surface area contributed by atoms with Crippen molar-refractivity contribution in [2.45, 2.75) is 32.7 Å². The monoisotopic (exact) mass is 291 g/mol. The van der Waals surface area contributed by atoms with Gasteiger partial charge in [0.25, 0.3) is 5.56 Å². The van der Waals surface area contributed by atoms with E-state index in [1.54, 1.807) is 19.3 Å². The number of nitrogens with one attached hydrogen (secondary N) is 4. The first-order valence-electron chi connectivity index (χ1n) is 6.58. The molecule has 1 atom stereocenters. The number of aromatic amines is 3. The first-order chi connectivity index (χ1) is 9.97. The topological polar surface area (TPSA) is 124 Å². The fourth-order valence-electron chi connectivity index (χ4n) is 2.06. The molecule has 0 aliphatic carbocycles. The van der Waals surface area contributed by atoms with Gasteiger partial charge in [-0.3, -0.25) is 14.6 Å². The number of hydrogen-bond acceptors (Lipinski definition) is 4. The maximum atomic E-state index is 11.9. The summed E-state index contributed by atoms with van der Waals surface area (Å²) in [5.41, 5.74) is -0.105. The SMILES string of the molecule is Cc1[nH]c(=O)[nH]c(=O)c1CCC(=O)NC(C)c1ncc[nH]1. The Morgan fingerprint density at radius 3 is 2.76 bits per heavy atom. The number of rotatable bonds is 5.